The Balaban J connectivity index is 1.47. The monoisotopic (exact) mass is 489 g/mol. The van der Waals surface area contributed by atoms with Gasteiger partial charge in [0.15, 0.2) is 11.0 Å². The number of benzene rings is 2. The predicted octanol–water partition coefficient (Wildman–Crippen LogP) is 3.10. The van der Waals surface area contributed by atoms with Gasteiger partial charge < -0.3 is 0 Å². The summed E-state index contributed by atoms with van der Waals surface area (Å²) in [4.78, 5) is 39.0. The molecule has 4 aromatic rings. The molecule has 0 fully saturated rings. The zero-order valence-corrected chi connectivity index (χ0v) is 19.2. The molecule has 0 radical (unpaired) electrons. The van der Waals surface area contributed by atoms with Crippen LogP contribution in [0.3, 0.4) is 0 Å². The maximum absolute atomic E-state index is 12.4. The third-order valence-corrected chi connectivity index (χ3v) is 5.82. The van der Waals surface area contributed by atoms with Gasteiger partial charge in [-0.1, -0.05) is 36.0 Å². The molecule has 0 unspecified atom stereocenters. The van der Waals surface area contributed by atoms with Crippen molar-refractivity contribution in [3.63, 3.8) is 0 Å². The highest BCUT2D eigenvalue weighted by Gasteiger charge is 2.19. The molecule has 176 valence electrons. The third-order valence-electron chi connectivity index (χ3n) is 4.90. The SMILES string of the molecule is Cc1ccccc1-n1c(SCC(=O)NNC(=O)c2cccc([N+](=O)[O-])c2)nnc1-c1ccncc1. The first-order valence-corrected chi connectivity index (χ1v) is 11.3. The molecule has 2 aromatic carbocycles. The van der Waals surface area contributed by atoms with Gasteiger partial charge in [0.05, 0.1) is 16.4 Å². The number of pyridine rings is 1. The average molecular weight is 490 g/mol. The summed E-state index contributed by atoms with van der Waals surface area (Å²) in [5, 5.41) is 20.0. The van der Waals surface area contributed by atoms with Gasteiger partial charge in [0, 0.05) is 35.7 Å². The van der Waals surface area contributed by atoms with Crippen LogP contribution in [0.25, 0.3) is 17.1 Å². The van der Waals surface area contributed by atoms with Gasteiger partial charge in [0.2, 0.25) is 5.91 Å². The highest BCUT2D eigenvalue weighted by atomic mass is 32.2. The van der Waals surface area contributed by atoms with Crippen LogP contribution in [0, 0.1) is 17.0 Å². The van der Waals surface area contributed by atoms with Crippen molar-refractivity contribution in [1.29, 1.82) is 0 Å². The minimum absolute atomic E-state index is 0.0495. The fraction of sp³-hybridized carbons (Fsp3) is 0.0870. The molecule has 35 heavy (non-hydrogen) atoms. The van der Waals surface area contributed by atoms with Crippen LogP contribution in [-0.2, 0) is 4.79 Å². The molecule has 2 N–H and O–H groups in total. The summed E-state index contributed by atoms with van der Waals surface area (Å²) in [7, 11) is 0. The second-order valence-electron chi connectivity index (χ2n) is 7.26. The fourth-order valence-corrected chi connectivity index (χ4v) is 3.95. The number of nitrogens with zero attached hydrogens (tertiary/aromatic N) is 5. The Kier molecular flexibility index (Phi) is 7.12. The molecule has 4 rings (SSSR count). The first kappa shape index (κ1) is 23.6. The molecule has 12 heteroatoms. The molecule has 0 spiro atoms. The van der Waals surface area contributed by atoms with Gasteiger partial charge in [-0.05, 0) is 36.8 Å². The van der Waals surface area contributed by atoms with Crippen LogP contribution in [0.5, 0.6) is 0 Å². The van der Waals surface area contributed by atoms with E-state index in [1.807, 2.05) is 47.9 Å². The molecule has 0 atom stereocenters. The molecule has 0 aliphatic carbocycles. The van der Waals surface area contributed by atoms with Crippen molar-refractivity contribution >= 4 is 29.3 Å². The highest BCUT2D eigenvalue weighted by Crippen LogP contribution is 2.29. The molecule has 2 amide bonds. The fourth-order valence-electron chi connectivity index (χ4n) is 3.21. The highest BCUT2D eigenvalue weighted by molar-refractivity contribution is 7.99. The number of rotatable bonds is 7. The lowest BCUT2D eigenvalue weighted by Crippen LogP contribution is -2.42. The number of aryl methyl sites for hydroxylation is 1. The van der Waals surface area contributed by atoms with Crippen LogP contribution in [0.1, 0.15) is 15.9 Å². The summed E-state index contributed by atoms with van der Waals surface area (Å²) < 4.78 is 1.87. The number of carbonyl (C=O) groups is 2. The van der Waals surface area contributed by atoms with Crippen molar-refractivity contribution in [3.8, 4) is 17.1 Å². The van der Waals surface area contributed by atoms with E-state index < -0.39 is 16.7 Å². The Bertz CT molecular complexity index is 1390. The minimum Gasteiger partial charge on any atom is -0.272 e. The van der Waals surface area contributed by atoms with Crippen LogP contribution in [0.2, 0.25) is 0 Å². The van der Waals surface area contributed by atoms with Gasteiger partial charge in [-0.15, -0.1) is 10.2 Å². The van der Waals surface area contributed by atoms with Crippen LogP contribution >= 0.6 is 11.8 Å². The van der Waals surface area contributed by atoms with Crippen LogP contribution in [0.4, 0.5) is 5.69 Å². The third kappa shape index (κ3) is 5.50. The summed E-state index contributed by atoms with van der Waals surface area (Å²) >= 11 is 1.15. The lowest BCUT2D eigenvalue weighted by molar-refractivity contribution is -0.384. The smallest absolute Gasteiger partial charge is 0.270 e. The number of nitro benzene ring substituents is 1. The maximum Gasteiger partial charge on any atom is 0.270 e. The van der Waals surface area contributed by atoms with E-state index in [2.05, 4.69) is 26.0 Å². The average Bonchev–Trinajstić information content (AvgIpc) is 3.30. The van der Waals surface area contributed by atoms with Crippen LogP contribution < -0.4 is 10.9 Å². The quantitative estimate of drug-likeness (QED) is 0.229. The minimum atomic E-state index is -0.671. The summed E-state index contributed by atoms with van der Waals surface area (Å²) in [6, 6.07) is 16.6. The number of amides is 2. The first-order valence-electron chi connectivity index (χ1n) is 10.3. The van der Waals surface area contributed by atoms with Gasteiger partial charge in [0.1, 0.15) is 0 Å². The van der Waals surface area contributed by atoms with Crippen molar-refractivity contribution in [2.75, 3.05) is 5.75 Å². The number of para-hydroxylation sites is 1. The second-order valence-corrected chi connectivity index (χ2v) is 8.20. The molecular weight excluding hydrogens is 470 g/mol. The largest absolute Gasteiger partial charge is 0.272 e. The van der Waals surface area contributed by atoms with E-state index in [1.165, 1.54) is 18.2 Å². The number of thioether (sulfide) groups is 1. The lowest BCUT2D eigenvalue weighted by Gasteiger charge is -2.13. The molecule has 0 aliphatic heterocycles. The van der Waals surface area contributed by atoms with Crippen molar-refractivity contribution in [2.24, 2.45) is 0 Å². The zero-order chi connectivity index (χ0) is 24.8. The van der Waals surface area contributed by atoms with Gasteiger partial charge in [-0.3, -0.25) is 40.1 Å². The molecule has 0 aliphatic rings. The number of hydrogen-bond acceptors (Lipinski definition) is 8. The maximum atomic E-state index is 12.4. The van der Waals surface area contributed by atoms with Gasteiger partial charge >= 0.3 is 0 Å². The van der Waals surface area contributed by atoms with E-state index in [4.69, 9.17) is 0 Å². The van der Waals surface area contributed by atoms with Crippen LogP contribution in [-0.4, -0.2) is 42.2 Å². The summed E-state index contributed by atoms with van der Waals surface area (Å²) in [5.41, 5.74) is 7.09. The second kappa shape index (κ2) is 10.6. The summed E-state index contributed by atoms with van der Waals surface area (Å²) in [6.45, 7) is 1.97. The Morgan fingerprint density at radius 2 is 1.80 bits per heavy atom. The molecule has 2 heterocycles. The van der Waals surface area contributed by atoms with E-state index in [0.717, 1.165) is 34.6 Å². The van der Waals surface area contributed by atoms with Gasteiger partial charge in [-0.25, -0.2) is 0 Å². The Labute approximate surface area is 203 Å². The van der Waals surface area contributed by atoms with E-state index >= 15 is 0 Å². The Morgan fingerprint density at radius 1 is 1.03 bits per heavy atom. The number of hydrogen-bond donors (Lipinski definition) is 2. The Morgan fingerprint density at radius 3 is 2.54 bits per heavy atom. The molecule has 0 saturated carbocycles. The summed E-state index contributed by atoms with van der Waals surface area (Å²) in [6.07, 6.45) is 3.33. The van der Waals surface area contributed by atoms with Gasteiger partial charge in [0.25, 0.3) is 11.6 Å². The van der Waals surface area contributed by atoms with Crippen LogP contribution in [0.15, 0.2) is 78.2 Å². The number of carbonyl (C=O) groups excluding carboxylic acids is 2. The number of hydrazine groups is 1. The van der Waals surface area contributed by atoms with Crippen molar-refractivity contribution in [2.45, 2.75) is 12.1 Å². The van der Waals surface area contributed by atoms with Crippen molar-refractivity contribution in [3.05, 3.63) is 94.3 Å². The van der Waals surface area contributed by atoms with E-state index in [-0.39, 0.29) is 17.0 Å². The van der Waals surface area contributed by atoms with E-state index in [9.17, 15) is 19.7 Å². The molecule has 0 saturated heterocycles. The number of aromatic nitrogens is 4. The van der Waals surface area contributed by atoms with E-state index in [0.29, 0.717) is 11.0 Å². The molecular formula is C23H19N7O4S. The first-order chi connectivity index (χ1) is 16.9. The standard InChI is InChI=1S/C23H19N7O4S/c1-15-5-2-3-8-19(15)29-21(16-9-11-24-12-10-16)26-28-23(29)35-14-20(31)25-27-22(32)17-6-4-7-18(13-17)30(33)34/h2-13H,14H2,1H3,(H,25,31)(H,27,32). The number of nitro groups is 1. The lowest BCUT2D eigenvalue weighted by atomic mass is 10.2. The Hall–Kier alpha value is -4.58. The zero-order valence-electron chi connectivity index (χ0n) is 18.4. The van der Waals surface area contributed by atoms with E-state index in [1.54, 1.807) is 12.4 Å². The molecule has 11 nitrogen and oxygen atoms in total. The number of non-ortho nitro benzene ring substituents is 1. The predicted molar refractivity (Wildman–Crippen MR) is 129 cm³/mol. The van der Waals surface area contributed by atoms with Crippen molar-refractivity contribution < 1.29 is 14.5 Å². The van der Waals surface area contributed by atoms with Gasteiger partial charge in [-0.2, -0.15) is 0 Å². The normalized spacial score (nSPS) is 10.5. The molecule has 0 bridgehead atoms. The molecule has 2 aromatic heterocycles. The topological polar surface area (TPSA) is 145 Å². The number of nitrogens with one attached hydrogen (secondary N) is 2. The summed E-state index contributed by atoms with van der Waals surface area (Å²) in [5.74, 6) is -0.618. The van der Waals surface area contributed by atoms with Crippen molar-refractivity contribution in [1.82, 2.24) is 30.6 Å².